The summed E-state index contributed by atoms with van der Waals surface area (Å²) >= 11 is 0. The van der Waals surface area contributed by atoms with Gasteiger partial charge in [-0.25, -0.2) is 8.42 Å². The summed E-state index contributed by atoms with van der Waals surface area (Å²) in [7, 11) is -3.24. The average molecular weight is 303 g/mol. The summed E-state index contributed by atoms with van der Waals surface area (Å²) in [6.45, 7) is 4.14. The third kappa shape index (κ3) is 3.85. The Morgan fingerprint density at radius 3 is 2.24 bits per heavy atom. The van der Waals surface area contributed by atoms with Crippen LogP contribution in [0.4, 0.5) is 5.69 Å². The third-order valence-electron chi connectivity index (χ3n) is 3.50. The van der Waals surface area contributed by atoms with Crippen LogP contribution in [0.3, 0.4) is 0 Å². The summed E-state index contributed by atoms with van der Waals surface area (Å²) in [5.41, 5.74) is 3.03. The third-order valence-corrected chi connectivity index (χ3v) is 4.66. The molecule has 1 unspecified atom stereocenters. The van der Waals surface area contributed by atoms with Gasteiger partial charge >= 0.3 is 0 Å². The van der Waals surface area contributed by atoms with Crippen LogP contribution in [0.1, 0.15) is 30.5 Å². The molecule has 0 spiro atoms. The number of anilines is 1. The van der Waals surface area contributed by atoms with Crippen molar-refractivity contribution in [2.75, 3.05) is 11.6 Å². The van der Waals surface area contributed by atoms with Crippen molar-refractivity contribution in [1.29, 1.82) is 0 Å². The summed E-state index contributed by atoms with van der Waals surface area (Å²) in [6.07, 6.45) is 2.11. The molecule has 2 aromatic rings. The molecule has 0 saturated heterocycles. The molecule has 3 nitrogen and oxygen atoms in total. The van der Waals surface area contributed by atoms with Crippen molar-refractivity contribution in [3.63, 3.8) is 0 Å². The van der Waals surface area contributed by atoms with Crippen molar-refractivity contribution in [2.45, 2.75) is 31.2 Å². The first-order valence-electron chi connectivity index (χ1n) is 7.04. The number of para-hydroxylation sites is 1. The van der Waals surface area contributed by atoms with Crippen molar-refractivity contribution in [1.82, 2.24) is 0 Å². The van der Waals surface area contributed by atoms with Crippen LogP contribution in [0.2, 0.25) is 0 Å². The molecule has 0 amide bonds. The molecule has 1 N–H and O–H groups in total. The largest absolute Gasteiger partial charge is 0.377 e. The normalized spacial score (nSPS) is 12.9. The van der Waals surface area contributed by atoms with Gasteiger partial charge in [0.2, 0.25) is 0 Å². The number of hydrogen-bond donors (Lipinski definition) is 1. The van der Waals surface area contributed by atoms with E-state index in [0.29, 0.717) is 10.6 Å². The molecular formula is C17H21NO2S. The molecule has 0 aliphatic carbocycles. The van der Waals surface area contributed by atoms with Crippen LogP contribution in [0, 0.1) is 6.92 Å². The minimum Gasteiger partial charge on any atom is -0.377 e. The van der Waals surface area contributed by atoms with Gasteiger partial charge in [0.25, 0.3) is 0 Å². The lowest BCUT2D eigenvalue weighted by atomic mass is 10.0. The highest BCUT2D eigenvalue weighted by Crippen LogP contribution is 2.27. The van der Waals surface area contributed by atoms with E-state index in [0.717, 1.165) is 12.0 Å². The Hall–Kier alpha value is -1.81. The number of hydrogen-bond acceptors (Lipinski definition) is 3. The highest BCUT2D eigenvalue weighted by molar-refractivity contribution is 7.90. The smallest absolute Gasteiger partial charge is 0.177 e. The second-order valence-electron chi connectivity index (χ2n) is 5.28. The van der Waals surface area contributed by atoms with E-state index in [2.05, 4.69) is 43.4 Å². The Bertz CT molecular complexity index is 706. The van der Waals surface area contributed by atoms with Gasteiger partial charge in [-0.2, -0.15) is 0 Å². The molecule has 0 heterocycles. The van der Waals surface area contributed by atoms with E-state index in [1.54, 1.807) is 12.1 Å². The zero-order valence-electron chi connectivity index (χ0n) is 12.6. The van der Waals surface area contributed by atoms with E-state index in [1.807, 2.05) is 12.1 Å². The molecule has 21 heavy (non-hydrogen) atoms. The predicted octanol–water partition coefficient (Wildman–Crippen LogP) is 3.96. The predicted molar refractivity (Wildman–Crippen MR) is 87.4 cm³/mol. The van der Waals surface area contributed by atoms with Gasteiger partial charge in [0.15, 0.2) is 9.84 Å². The monoisotopic (exact) mass is 303 g/mol. The van der Waals surface area contributed by atoms with Crippen LogP contribution in [0.5, 0.6) is 0 Å². The van der Waals surface area contributed by atoms with Gasteiger partial charge < -0.3 is 5.32 Å². The fourth-order valence-electron chi connectivity index (χ4n) is 2.32. The van der Waals surface area contributed by atoms with Crippen molar-refractivity contribution >= 4 is 15.5 Å². The molecule has 0 aromatic heterocycles. The summed E-state index contributed by atoms with van der Waals surface area (Å²) in [5, 5.41) is 3.36. The molecule has 2 aromatic carbocycles. The first-order chi connectivity index (χ1) is 9.91. The van der Waals surface area contributed by atoms with Crippen LogP contribution in [0.25, 0.3) is 0 Å². The molecule has 0 fully saturated rings. The summed E-state index contributed by atoms with van der Waals surface area (Å²) in [6, 6.07) is 15.4. The maximum atomic E-state index is 11.9. The molecule has 0 radical (unpaired) electrons. The fraction of sp³-hybridized carbons (Fsp3) is 0.294. The van der Waals surface area contributed by atoms with Gasteiger partial charge in [-0.3, -0.25) is 0 Å². The second-order valence-corrected chi connectivity index (χ2v) is 7.27. The minimum atomic E-state index is -3.24. The van der Waals surface area contributed by atoms with E-state index in [1.165, 1.54) is 11.8 Å². The van der Waals surface area contributed by atoms with Crippen molar-refractivity contribution in [3.05, 3.63) is 59.7 Å². The van der Waals surface area contributed by atoms with E-state index in [-0.39, 0.29) is 6.04 Å². The second kappa shape index (κ2) is 6.31. The molecular weight excluding hydrogens is 282 g/mol. The van der Waals surface area contributed by atoms with Crippen molar-refractivity contribution < 1.29 is 8.42 Å². The molecule has 112 valence electrons. The number of rotatable bonds is 5. The lowest BCUT2D eigenvalue weighted by molar-refractivity contribution is 0.602. The lowest BCUT2D eigenvalue weighted by Gasteiger charge is -2.20. The van der Waals surface area contributed by atoms with Crippen LogP contribution >= 0.6 is 0 Å². The molecule has 4 heteroatoms. The quantitative estimate of drug-likeness (QED) is 0.909. The Morgan fingerprint density at radius 2 is 1.67 bits per heavy atom. The molecule has 0 saturated carbocycles. The molecule has 0 aliphatic heterocycles. The Morgan fingerprint density at radius 1 is 1.05 bits per heavy atom. The Kier molecular flexibility index (Phi) is 4.68. The maximum absolute atomic E-state index is 11.9. The number of nitrogens with one attached hydrogen (secondary N) is 1. The topological polar surface area (TPSA) is 46.2 Å². The van der Waals surface area contributed by atoms with E-state index in [9.17, 15) is 8.42 Å². The zero-order chi connectivity index (χ0) is 15.5. The highest BCUT2D eigenvalue weighted by Gasteiger charge is 2.16. The first kappa shape index (κ1) is 15.6. The number of sulfone groups is 1. The maximum Gasteiger partial charge on any atom is 0.177 e. The Labute approximate surface area is 126 Å². The molecule has 1 atom stereocenters. The van der Waals surface area contributed by atoms with Crippen molar-refractivity contribution in [3.8, 4) is 0 Å². The minimum absolute atomic E-state index is 0.0912. The van der Waals surface area contributed by atoms with E-state index >= 15 is 0 Å². The highest BCUT2D eigenvalue weighted by atomic mass is 32.2. The van der Waals surface area contributed by atoms with E-state index in [4.69, 9.17) is 0 Å². The number of aryl methyl sites for hydroxylation is 1. The summed E-state index contributed by atoms with van der Waals surface area (Å²) in [5.74, 6) is 0. The standard InChI is InChI=1S/C17H21NO2S/c1-4-15(14-11-9-13(2)10-12-14)18-16-7-5-6-8-17(16)21(3,19)20/h5-12,15,18H,4H2,1-3H3. The zero-order valence-corrected chi connectivity index (χ0v) is 13.4. The van der Waals surface area contributed by atoms with Crippen LogP contribution in [0.15, 0.2) is 53.4 Å². The van der Waals surface area contributed by atoms with Gasteiger partial charge in [-0.05, 0) is 31.0 Å². The average Bonchev–Trinajstić information content (AvgIpc) is 2.45. The van der Waals surface area contributed by atoms with Gasteiger partial charge in [0.05, 0.1) is 16.6 Å². The summed E-state index contributed by atoms with van der Waals surface area (Å²) < 4.78 is 23.7. The van der Waals surface area contributed by atoms with E-state index < -0.39 is 9.84 Å². The molecule has 2 rings (SSSR count). The Balaban J connectivity index is 2.34. The number of benzene rings is 2. The van der Waals surface area contributed by atoms with Crippen LogP contribution in [-0.4, -0.2) is 14.7 Å². The van der Waals surface area contributed by atoms with Crippen molar-refractivity contribution in [2.24, 2.45) is 0 Å². The van der Waals surface area contributed by atoms with Crippen LogP contribution < -0.4 is 5.32 Å². The SMILES string of the molecule is CCC(Nc1ccccc1S(C)(=O)=O)c1ccc(C)cc1. The van der Waals surface area contributed by atoms with Crippen LogP contribution in [-0.2, 0) is 9.84 Å². The van der Waals surface area contributed by atoms with Gasteiger partial charge in [-0.15, -0.1) is 0 Å². The van der Waals surface area contributed by atoms with Gasteiger partial charge in [0, 0.05) is 6.26 Å². The molecule has 0 bridgehead atoms. The molecule has 0 aliphatic rings. The fourth-order valence-corrected chi connectivity index (χ4v) is 3.17. The summed E-state index contributed by atoms with van der Waals surface area (Å²) in [4.78, 5) is 0.343. The first-order valence-corrected chi connectivity index (χ1v) is 8.93. The van der Waals surface area contributed by atoms with Gasteiger partial charge in [0.1, 0.15) is 0 Å². The van der Waals surface area contributed by atoms with Gasteiger partial charge in [-0.1, -0.05) is 48.9 Å². The lowest BCUT2D eigenvalue weighted by Crippen LogP contribution is -2.12.